The molecule has 0 aliphatic carbocycles. The van der Waals surface area contributed by atoms with Crippen LogP contribution in [0.1, 0.15) is 33.1 Å². The number of hydrogen-bond donors (Lipinski definition) is 1. The van der Waals surface area contributed by atoms with Gasteiger partial charge in [0.25, 0.3) is 0 Å². The average Bonchev–Trinajstić information content (AvgIpc) is 2.54. The maximum absolute atomic E-state index is 12.0. The molecule has 0 saturated carbocycles. The summed E-state index contributed by atoms with van der Waals surface area (Å²) in [5, 5.41) is 3.47. The Balaban J connectivity index is 1.89. The van der Waals surface area contributed by atoms with Crippen LogP contribution in [-0.2, 0) is 4.79 Å². The molecule has 2 aliphatic rings. The fourth-order valence-electron chi connectivity index (χ4n) is 2.62. The molecule has 3 heteroatoms. The van der Waals surface area contributed by atoms with Gasteiger partial charge in [0, 0.05) is 19.1 Å². The van der Waals surface area contributed by atoms with E-state index in [-0.39, 0.29) is 5.92 Å². The predicted octanol–water partition coefficient (Wildman–Crippen LogP) is 1.24. The van der Waals surface area contributed by atoms with Crippen LogP contribution in [0, 0.1) is 11.8 Å². The minimum Gasteiger partial charge on any atom is -0.341 e. The summed E-state index contributed by atoms with van der Waals surface area (Å²) in [6, 6.07) is 0.443. The van der Waals surface area contributed by atoms with Crippen molar-refractivity contribution in [2.75, 3.05) is 19.6 Å². The molecule has 0 aromatic carbocycles. The second-order valence-corrected chi connectivity index (χ2v) is 5.28. The topological polar surface area (TPSA) is 32.3 Å². The van der Waals surface area contributed by atoms with Gasteiger partial charge in [-0.3, -0.25) is 4.79 Å². The molecule has 3 nitrogen and oxygen atoms in total. The van der Waals surface area contributed by atoms with Gasteiger partial charge in [0.05, 0.1) is 5.92 Å². The molecule has 2 aliphatic heterocycles. The average molecular weight is 210 g/mol. The number of piperidine rings is 1. The van der Waals surface area contributed by atoms with Crippen molar-refractivity contribution >= 4 is 5.91 Å². The maximum atomic E-state index is 12.0. The molecule has 2 heterocycles. The summed E-state index contributed by atoms with van der Waals surface area (Å²) in [4.78, 5) is 14.1. The van der Waals surface area contributed by atoms with E-state index < -0.39 is 0 Å². The lowest BCUT2D eigenvalue weighted by atomic mass is 9.94. The molecule has 2 fully saturated rings. The lowest BCUT2D eigenvalue weighted by Gasteiger charge is -2.23. The third kappa shape index (κ3) is 2.33. The fourth-order valence-corrected chi connectivity index (χ4v) is 2.62. The highest BCUT2D eigenvalue weighted by atomic mass is 16.2. The van der Waals surface area contributed by atoms with Gasteiger partial charge in [-0.2, -0.15) is 0 Å². The quantitative estimate of drug-likeness (QED) is 0.760. The van der Waals surface area contributed by atoms with Crippen molar-refractivity contribution in [3.63, 3.8) is 0 Å². The standard InChI is InChI=1S/C12H22N2O/c1-9(2)5-7-14-8-11-10(12(14)15)4-3-6-13-11/h9-11,13H,3-8H2,1-2H3. The van der Waals surface area contributed by atoms with Crippen molar-refractivity contribution in [3.05, 3.63) is 0 Å². The Labute approximate surface area is 92.2 Å². The van der Waals surface area contributed by atoms with Crippen molar-refractivity contribution in [1.29, 1.82) is 0 Å². The number of nitrogens with zero attached hydrogens (tertiary/aromatic N) is 1. The van der Waals surface area contributed by atoms with Gasteiger partial charge in [0.15, 0.2) is 0 Å². The van der Waals surface area contributed by atoms with Crippen molar-refractivity contribution in [3.8, 4) is 0 Å². The van der Waals surface area contributed by atoms with Crippen LogP contribution in [0.15, 0.2) is 0 Å². The normalized spacial score (nSPS) is 31.1. The summed E-state index contributed by atoms with van der Waals surface area (Å²) in [5.74, 6) is 1.37. The first-order chi connectivity index (χ1) is 7.18. The van der Waals surface area contributed by atoms with Crippen molar-refractivity contribution in [2.24, 2.45) is 11.8 Å². The summed E-state index contributed by atoms with van der Waals surface area (Å²) >= 11 is 0. The molecule has 86 valence electrons. The van der Waals surface area contributed by atoms with Crippen LogP contribution < -0.4 is 5.32 Å². The van der Waals surface area contributed by atoms with Gasteiger partial charge in [0.1, 0.15) is 0 Å². The van der Waals surface area contributed by atoms with Gasteiger partial charge in [-0.25, -0.2) is 0 Å². The molecular weight excluding hydrogens is 188 g/mol. The fraction of sp³-hybridized carbons (Fsp3) is 0.917. The Kier molecular flexibility index (Phi) is 3.29. The van der Waals surface area contributed by atoms with Crippen LogP contribution >= 0.6 is 0 Å². The van der Waals surface area contributed by atoms with E-state index in [0.717, 1.165) is 38.9 Å². The number of likely N-dealkylation sites (tertiary alicyclic amines) is 1. The highest BCUT2D eigenvalue weighted by Gasteiger charge is 2.40. The van der Waals surface area contributed by atoms with Crippen LogP contribution in [0.3, 0.4) is 0 Å². The second kappa shape index (κ2) is 4.52. The molecular formula is C12H22N2O. The lowest BCUT2D eigenvalue weighted by molar-refractivity contribution is -0.131. The summed E-state index contributed by atoms with van der Waals surface area (Å²) in [5.41, 5.74) is 0. The van der Waals surface area contributed by atoms with Crippen LogP contribution in [0.4, 0.5) is 0 Å². The summed E-state index contributed by atoms with van der Waals surface area (Å²) in [6.07, 6.45) is 3.38. The van der Waals surface area contributed by atoms with Crippen LogP contribution in [0.25, 0.3) is 0 Å². The van der Waals surface area contributed by atoms with E-state index in [1.807, 2.05) is 0 Å². The van der Waals surface area contributed by atoms with Crippen LogP contribution in [0.2, 0.25) is 0 Å². The molecule has 2 rings (SSSR count). The molecule has 0 aromatic heterocycles. The zero-order valence-electron chi connectivity index (χ0n) is 9.83. The first-order valence-electron chi connectivity index (χ1n) is 6.20. The minimum atomic E-state index is 0.283. The van der Waals surface area contributed by atoms with Gasteiger partial charge in [-0.05, 0) is 31.7 Å². The molecule has 0 radical (unpaired) electrons. The van der Waals surface area contributed by atoms with E-state index in [1.165, 1.54) is 0 Å². The van der Waals surface area contributed by atoms with Gasteiger partial charge in [-0.15, -0.1) is 0 Å². The first kappa shape index (κ1) is 10.9. The van der Waals surface area contributed by atoms with E-state index in [4.69, 9.17) is 0 Å². The molecule has 1 N–H and O–H groups in total. The van der Waals surface area contributed by atoms with E-state index >= 15 is 0 Å². The highest BCUT2D eigenvalue weighted by molar-refractivity contribution is 5.82. The van der Waals surface area contributed by atoms with Gasteiger partial charge in [-0.1, -0.05) is 13.8 Å². The molecule has 2 saturated heterocycles. The second-order valence-electron chi connectivity index (χ2n) is 5.28. The van der Waals surface area contributed by atoms with Crippen molar-refractivity contribution in [2.45, 2.75) is 39.2 Å². The van der Waals surface area contributed by atoms with Crippen molar-refractivity contribution in [1.82, 2.24) is 10.2 Å². The Morgan fingerprint density at radius 1 is 1.53 bits per heavy atom. The number of carbonyl (C=O) groups is 1. The van der Waals surface area contributed by atoms with Gasteiger partial charge < -0.3 is 10.2 Å². The van der Waals surface area contributed by atoms with E-state index in [9.17, 15) is 4.79 Å². The van der Waals surface area contributed by atoms with Gasteiger partial charge >= 0.3 is 0 Å². The SMILES string of the molecule is CC(C)CCN1CC2NCCCC2C1=O. The van der Waals surface area contributed by atoms with E-state index in [0.29, 0.717) is 17.9 Å². The summed E-state index contributed by atoms with van der Waals surface area (Å²) < 4.78 is 0. The lowest BCUT2D eigenvalue weighted by Crippen LogP contribution is -2.41. The Hall–Kier alpha value is -0.570. The van der Waals surface area contributed by atoms with Gasteiger partial charge in [0.2, 0.25) is 5.91 Å². The number of rotatable bonds is 3. The number of fused-ring (bicyclic) bond motifs is 1. The summed E-state index contributed by atoms with van der Waals surface area (Å²) in [6.45, 7) is 7.41. The molecule has 0 aromatic rings. The van der Waals surface area contributed by atoms with Crippen LogP contribution in [-0.4, -0.2) is 36.5 Å². The minimum absolute atomic E-state index is 0.283. The number of amides is 1. The number of nitrogens with one attached hydrogen (secondary N) is 1. The molecule has 15 heavy (non-hydrogen) atoms. The Morgan fingerprint density at radius 2 is 2.33 bits per heavy atom. The molecule has 0 spiro atoms. The third-order valence-corrected chi connectivity index (χ3v) is 3.61. The monoisotopic (exact) mass is 210 g/mol. The molecule has 0 bridgehead atoms. The zero-order chi connectivity index (χ0) is 10.8. The highest BCUT2D eigenvalue weighted by Crippen LogP contribution is 2.26. The maximum Gasteiger partial charge on any atom is 0.227 e. The Morgan fingerprint density at radius 3 is 3.00 bits per heavy atom. The number of hydrogen-bond acceptors (Lipinski definition) is 2. The smallest absolute Gasteiger partial charge is 0.227 e. The van der Waals surface area contributed by atoms with Crippen molar-refractivity contribution < 1.29 is 4.79 Å². The van der Waals surface area contributed by atoms with E-state index in [2.05, 4.69) is 24.1 Å². The Bertz CT molecular complexity index is 240. The van der Waals surface area contributed by atoms with E-state index in [1.54, 1.807) is 0 Å². The molecule has 1 amide bonds. The predicted molar refractivity (Wildman–Crippen MR) is 60.5 cm³/mol. The molecule has 2 atom stereocenters. The molecule has 2 unspecified atom stereocenters. The third-order valence-electron chi connectivity index (χ3n) is 3.61. The largest absolute Gasteiger partial charge is 0.341 e. The summed E-state index contributed by atoms with van der Waals surface area (Å²) in [7, 11) is 0. The first-order valence-corrected chi connectivity index (χ1v) is 6.20. The number of carbonyl (C=O) groups excluding carboxylic acids is 1. The van der Waals surface area contributed by atoms with Crippen LogP contribution in [0.5, 0.6) is 0 Å². The zero-order valence-corrected chi connectivity index (χ0v) is 9.83.